The van der Waals surface area contributed by atoms with Crippen LogP contribution in [0.2, 0.25) is 0 Å². The molecule has 1 rings (SSSR count). The van der Waals surface area contributed by atoms with Crippen LogP contribution in [0.1, 0.15) is 6.92 Å². The molecule has 1 aromatic heterocycles. The van der Waals surface area contributed by atoms with Crippen LogP contribution in [0.25, 0.3) is 0 Å². The lowest BCUT2D eigenvalue weighted by Gasteiger charge is -2.06. The molecule has 0 amide bonds. The number of anilines is 1. The second kappa shape index (κ2) is 6.14. The highest BCUT2D eigenvalue weighted by Crippen LogP contribution is 2.07. The standard InChI is InChI=1S/C11H15FN2O/c1-9(2)8-15-7-6-14-11-10(12)4-3-5-13-11/h3-5H,1,6-8H2,2H3,(H,13,14). The van der Waals surface area contributed by atoms with Crippen LogP contribution < -0.4 is 5.32 Å². The van der Waals surface area contributed by atoms with Gasteiger partial charge < -0.3 is 10.1 Å². The van der Waals surface area contributed by atoms with Crippen LogP contribution in [0.5, 0.6) is 0 Å². The fraction of sp³-hybridized carbons (Fsp3) is 0.364. The Balaban J connectivity index is 2.21. The summed E-state index contributed by atoms with van der Waals surface area (Å²) in [5, 5.41) is 2.85. The molecule has 0 saturated carbocycles. The summed E-state index contributed by atoms with van der Waals surface area (Å²) in [6, 6.07) is 2.92. The van der Waals surface area contributed by atoms with Crippen molar-refractivity contribution in [2.75, 3.05) is 25.1 Å². The molecule has 0 saturated heterocycles. The Kier molecular flexibility index (Phi) is 4.77. The second-order valence-electron chi connectivity index (χ2n) is 3.27. The van der Waals surface area contributed by atoms with Crippen LogP contribution in [0, 0.1) is 5.82 Å². The first-order valence-electron chi connectivity index (χ1n) is 4.76. The maximum Gasteiger partial charge on any atom is 0.165 e. The molecule has 0 aliphatic carbocycles. The number of nitrogens with zero attached hydrogens (tertiary/aromatic N) is 1. The zero-order chi connectivity index (χ0) is 11.1. The van der Waals surface area contributed by atoms with Crippen molar-refractivity contribution in [3.8, 4) is 0 Å². The predicted molar refractivity (Wildman–Crippen MR) is 58.3 cm³/mol. The Labute approximate surface area is 89.0 Å². The lowest BCUT2D eigenvalue weighted by atomic mass is 10.4. The molecule has 3 nitrogen and oxygen atoms in total. The van der Waals surface area contributed by atoms with E-state index in [1.165, 1.54) is 6.07 Å². The molecule has 0 aromatic carbocycles. The minimum atomic E-state index is -0.350. The molecule has 1 N–H and O–H groups in total. The Morgan fingerprint density at radius 1 is 1.67 bits per heavy atom. The Bertz CT molecular complexity index is 328. The first kappa shape index (κ1) is 11.7. The van der Waals surface area contributed by atoms with Crippen LogP contribution in [-0.2, 0) is 4.74 Å². The Morgan fingerprint density at radius 3 is 3.13 bits per heavy atom. The number of hydrogen-bond donors (Lipinski definition) is 1. The zero-order valence-corrected chi connectivity index (χ0v) is 8.79. The number of ether oxygens (including phenoxy) is 1. The Morgan fingerprint density at radius 2 is 2.47 bits per heavy atom. The fourth-order valence-electron chi connectivity index (χ4n) is 1.00. The van der Waals surface area contributed by atoms with Gasteiger partial charge in [0.25, 0.3) is 0 Å². The van der Waals surface area contributed by atoms with E-state index >= 15 is 0 Å². The van der Waals surface area contributed by atoms with Crippen molar-refractivity contribution in [2.45, 2.75) is 6.92 Å². The Hall–Kier alpha value is -1.42. The molecule has 0 spiro atoms. The average Bonchev–Trinajstić information content (AvgIpc) is 2.20. The SMILES string of the molecule is C=C(C)COCCNc1ncccc1F. The molecule has 0 aliphatic heterocycles. The summed E-state index contributed by atoms with van der Waals surface area (Å²) in [4.78, 5) is 3.85. The molecule has 4 heteroatoms. The fourth-order valence-corrected chi connectivity index (χ4v) is 1.00. The predicted octanol–water partition coefficient (Wildman–Crippen LogP) is 2.23. The van der Waals surface area contributed by atoms with Gasteiger partial charge in [0.05, 0.1) is 13.2 Å². The van der Waals surface area contributed by atoms with Crippen molar-refractivity contribution in [3.05, 3.63) is 36.3 Å². The number of hydrogen-bond acceptors (Lipinski definition) is 3. The summed E-state index contributed by atoms with van der Waals surface area (Å²) in [6.07, 6.45) is 1.54. The third-order valence-electron chi connectivity index (χ3n) is 1.65. The van der Waals surface area contributed by atoms with E-state index < -0.39 is 0 Å². The third-order valence-corrected chi connectivity index (χ3v) is 1.65. The van der Waals surface area contributed by atoms with E-state index in [0.29, 0.717) is 19.8 Å². The number of nitrogens with one attached hydrogen (secondary N) is 1. The van der Waals surface area contributed by atoms with Gasteiger partial charge in [-0.05, 0) is 19.1 Å². The third kappa shape index (κ3) is 4.56. The summed E-state index contributed by atoms with van der Waals surface area (Å²) in [7, 11) is 0. The molecule has 0 radical (unpaired) electrons. The summed E-state index contributed by atoms with van der Waals surface area (Å²) in [5.41, 5.74) is 0.971. The highest BCUT2D eigenvalue weighted by atomic mass is 19.1. The van der Waals surface area contributed by atoms with Gasteiger partial charge in [0, 0.05) is 12.7 Å². The molecular weight excluding hydrogens is 195 g/mol. The molecule has 0 unspecified atom stereocenters. The largest absolute Gasteiger partial charge is 0.375 e. The summed E-state index contributed by atoms with van der Waals surface area (Å²) >= 11 is 0. The molecule has 1 heterocycles. The van der Waals surface area contributed by atoms with Crippen molar-refractivity contribution in [1.29, 1.82) is 0 Å². The van der Waals surface area contributed by atoms with Crippen molar-refractivity contribution < 1.29 is 9.13 Å². The average molecular weight is 210 g/mol. The zero-order valence-electron chi connectivity index (χ0n) is 8.79. The monoisotopic (exact) mass is 210 g/mol. The van der Waals surface area contributed by atoms with Gasteiger partial charge in [-0.1, -0.05) is 12.2 Å². The quantitative estimate of drug-likeness (QED) is 0.577. The normalized spacial score (nSPS) is 10.0. The highest BCUT2D eigenvalue weighted by Gasteiger charge is 1.99. The van der Waals surface area contributed by atoms with E-state index in [0.717, 1.165) is 5.57 Å². The van der Waals surface area contributed by atoms with E-state index in [4.69, 9.17) is 4.74 Å². The summed E-state index contributed by atoms with van der Waals surface area (Å²) in [6.45, 7) is 7.17. The van der Waals surface area contributed by atoms with Crippen molar-refractivity contribution in [2.24, 2.45) is 0 Å². The minimum absolute atomic E-state index is 0.261. The van der Waals surface area contributed by atoms with Crippen molar-refractivity contribution in [1.82, 2.24) is 4.98 Å². The van der Waals surface area contributed by atoms with Gasteiger partial charge in [-0.2, -0.15) is 0 Å². The molecular formula is C11H15FN2O. The number of pyridine rings is 1. The van der Waals surface area contributed by atoms with Gasteiger partial charge >= 0.3 is 0 Å². The maximum atomic E-state index is 13.0. The highest BCUT2D eigenvalue weighted by molar-refractivity contribution is 5.35. The maximum absolute atomic E-state index is 13.0. The molecule has 0 bridgehead atoms. The number of halogens is 1. The van der Waals surface area contributed by atoms with Gasteiger partial charge in [0.1, 0.15) is 0 Å². The van der Waals surface area contributed by atoms with Gasteiger partial charge in [-0.25, -0.2) is 9.37 Å². The first-order chi connectivity index (χ1) is 7.20. The lowest BCUT2D eigenvalue weighted by Crippen LogP contribution is -2.12. The number of rotatable bonds is 6. The smallest absolute Gasteiger partial charge is 0.165 e. The topological polar surface area (TPSA) is 34.1 Å². The van der Waals surface area contributed by atoms with E-state index in [-0.39, 0.29) is 11.6 Å². The van der Waals surface area contributed by atoms with Gasteiger partial charge in [0.2, 0.25) is 0 Å². The molecule has 15 heavy (non-hydrogen) atoms. The van der Waals surface area contributed by atoms with E-state index in [2.05, 4.69) is 16.9 Å². The van der Waals surface area contributed by atoms with Crippen molar-refractivity contribution in [3.63, 3.8) is 0 Å². The van der Waals surface area contributed by atoms with Crippen LogP contribution in [0.15, 0.2) is 30.5 Å². The van der Waals surface area contributed by atoms with E-state index in [1.54, 1.807) is 12.3 Å². The van der Waals surface area contributed by atoms with Gasteiger partial charge in [0.15, 0.2) is 11.6 Å². The molecule has 0 fully saturated rings. The molecule has 82 valence electrons. The van der Waals surface area contributed by atoms with E-state index in [9.17, 15) is 4.39 Å². The van der Waals surface area contributed by atoms with Gasteiger partial charge in [-0.3, -0.25) is 0 Å². The molecule has 0 atom stereocenters. The second-order valence-corrected chi connectivity index (χ2v) is 3.27. The van der Waals surface area contributed by atoms with Crippen molar-refractivity contribution >= 4 is 5.82 Å². The van der Waals surface area contributed by atoms with Crippen LogP contribution in [0.4, 0.5) is 10.2 Å². The lowest BCUT2D eigenvalue weighted by molar-refractivity contribution is 0.167. The molecule has 0 aliphatic rings. The van der Waals surface area contributed by atoms with Crippen LogP contribution in [0.3, 0.4) is 0 Å². The summed E-state index contributed by atoms with van der Waals surface area (Å²) in [5.74, 6) is -0.0890. The van der Waals surface area contributed by atoms with Crippen LogP contribution >= 0.6 is 0 Å². The van der Waals surface area contributed by atoms with E-state index in [1.807, 2.05) is 6.92 Å². The number of aromatic nitrogens is 1. The van der Waals surface area contributed by atoms with Crippen LogP contribution in [-0.4, -0.2) is 24.7 Å². The van der Waals surface area contributed by atoms with Gasteiger partial charge in [-0.15, -0.1) is 0 Å². The first-order valence-corrected chi connectivity index (χ1v) is 4.76. The summed E-state index contributed by atoms with van der Waals surface area (Å²) < 4.78 is 18.3. The minimum Gasteiger partial charge on any atom is -0.375 e. The molecule has 1 aromatic rings.